The highest BCUT2D eigenvalue weighted by Gasteiger charge is 2.24. The van der Waals surface area contributed by atoms with E-state index in [0.29, 0.717) is 38.4 Å². The van der Waals surface area contributed by atoms with Crippen molar-refractivity contribution < 1.29 is 9.53 Å². The van der Waals surface area contributed by atoms with Crippen molar-refractivity contribution in [3.8, 4) is 0 Å². The van der Waals surface area contributed by atoms with Gasteiger partial charge in [-0.3, -0.25) is 14.8 Å². The second-order valence-electron chi connectivity index (χ2n) is 6.25. The molecule has 132 valence electrons. The Morgan fingerprint density at radius 2 is 2.12 bits per heavy atom. The lowest BCUT2D eigenvalue weighted by Gasteiger charge is -2.23. The third-order valence-electron chi connectivity index (χ3n) is 4.05. The number of ether oxygens (including phenoxy) is 1. The first-order valence-corrected chi connectivity index (χ1v) is 8.25. The molecule has 25 heavy (non-hydrogen) atoms. The number of anilines is 1. The van der Waals surface area contributed by atoms with Gasteiger partial charge in [0.1, 0.15) is 11.5 Å². The summed E-state index contributed by atoms with van der Waals surface area (Å²) in [5.41, 5.74) is 1.26. The van der Waals surface area contributed by atoms with Gasteiger partial charge >= 0.3 is 0 Å². The molecule has 1 saturated heterocycles. The second kappa shape index (κ2) is 7.98. The number of hydrogen-bond donors (Lipinski definition) is 0. The van der Waals surface area contributed by atoms with Crippen molar-refractivity contribution in [2.45, 2.75) is 6.42 Å². The van der Waals surface area contributed by atoms with E-state index in [-0.39, 0.29) is 11.8 Å². The number of hydrogen-bond acceptors (Lipinski definition) is 7. The summed E-state index contributed by atoms with van der Waals surface area (Å²) in [6.45, 7) is 2.28. The molecule has 0 saturated carbocycles. The number of carbonyl (C=O) groups excluding carboxylic acids is 1. The summed E-state index contributed by atoms with van der Waals surface area (Å²) in [7, 11) is 3.86. The lowest BCUT2D eigenvalue weighted by molar-refractivity contribution is 0.0731. The standard InChI is InChI=1S/C17H22N6O2/c1-22(2)16-10-20-14(8-21-16)7-13-11-23(5-6-25-12-13)17(24)15-9-18-3-4-19-15/h3-4,8-10,13H,5-7,11-12H2,1-2H3/t13-/m0/s1. The fourth-order valence-corrected chi connectivity index (χ4v) is 2.74. The molecule has 8 nitrogen and oxygen atoms in total. The van der Waals surface area contributed by atoms with E-state index in [1.165, 1.54) is 12.4 Å². The zero-order valence-corrected chi connectivity index (χ0v) is 14.5. The third-order valence-corrected chi connectivity index (χ3v) is 4.05. The van der Waals surface area contributed by atoms with E-state index in [9.17, 15) is 4.79 Å². The van der Waals surface area contributed by atoms with Gasteiger partial charge in [-0.15, -0.1) is 0 Å². The molecule has 0 radical (unpaired) electrons. The van der Waals surface area contributed by atoms with Crippen LogP contribution in [0.4, 0.5) is 5.82 Å². The van der Waals surface area contributed by atoms with Crippen molar-refractivity contribution >= 4 is 11.7 Å². The normalized spacial score (nSPS) is 17.8. The van der Waals surface area contributed by atoms with Gasteiger partial charge in [0.25, 0.3) is 5.91 Å². The molecule has 0 spiro atoms. The van der Waals surface area contributed by atoms with Gasteiger partial charge in [-0.05, 0) is 6.42 Å². The summed E-state index contributed by atoms with van der Waals surface area (Å²) in [5, 5.41) is 0. The van der Waals surface area contributed by atoms with Crippen molar-refractivity contribution in [2.75, 3.05) is 45.3 Å². The molecule has 8 heteroatoms. The highest BCUT2D eigenvalue weighted by atomic mass is 16.5. The summed E-state index contributed by atoms with van der Waals surface area (Å²) in [4.78, 5) is 33.2. The van der Waals surface area contributed by atoms with Gasteiger partial charge < -0.3 is 14.5 Å². The Hall–Kier alpha value is -2.61. The van der Waals surface area contributed by atoms with Crippen LogP contribution in [0.15, 0.2) is 31.0 Å². The van der Waals surface area contributed by atoms with Crippen LogP contribution in [0.1, 0.15) is 16.2 Å². The van der Waals surface area contributed by atoms with Crippen LogP contribution in [0.3, 0.4) is 0 Å². The van der Waals surface area contributed by atoms with Crippen LogP contribution in [0.5, 0.6) is 0 Å². The van der Waals surface area contributed by atoms with Crippen LogP contribution in [-0.4, -0.2) is 71.1 Å². The molecule has 0 unspecified atom stereocenters. The van der Waals surface area contributed by atoms with Crippen LogP contribution in [0.2, 0.25) is 0 Å². The molecule has 2 aromatic heterocycles. The van der Waals surface area contributed by atoms with E-state index in [2.05, 4.69) is 19.9 Å². The molecule has 1 aliphatic heterocycles. The minimum absolute atomic E-state index is 0.113. The molecule has 1 atom stereocenters. The van der Waals surface area contributed by atoms with Crippen molar-refractivity contribution in [1.82, 2.24) is 24.8 Å². The van der Waals surface area contributed by atoms with Crippen LogP contribution in [-0.2, 0) is 11.2 Å². The maximum absolute atomic E-state index is 12.6. The summed E-state index contributed by atoms with van der Waals surface area (Å²) in [6, 6.07) is 0. The zero-order valence-electron chi connectivity index (χ0n) is 14.5. The summed E-state index contributed by atoms with van der Waals surface area (Å²) in [6.07, 6.45) is 8.84. The predicted octanol–water partition coefficient (Wildman–Crippen LogP) is 0.664. The number of amides is 1. The largest absolute Gasteiger partial charge is 0.379 e. The van der Waals surface area contributed by atoms with Crippen LogP contribution < -0.4 is 4.90 Å². The lowest BCUT2D eigenvalue weighted by Crippen LogP contribution is -2.37. The van der Waals surface area contributed by atoms with Crippen molar-refractivity contribution in [3.05, 3.63) is 42.4 Å². The highest BCUT2D eigenvalue weighted by molar-refractivity contribution is 5.92. The summed E-state index contributed by atoms with van der Waals surface area (Å²) < 4.78 is 5.67. The maximum atomic E-state index is 12.6. The molecule has 1 aliphatic rings. The van der Waals surface area contributed by atoms with E-state index in [1.807, 2.05) is 19.0 Å². The van der Waals surface area contributed by atoms with Gasteiger partial charge in [-0.25, -0.2) is 9.97 Å². The van der Waals surface area contributed by atoms with Crippen molar-refractivity contribution in [1.29, 1.82) is 0 Å². The monoisotopic (exact) mass is 342 g/mol. The van der Waals surface area contributed by atoms with Crippen LogP contribution in [0, 0.1) is 5.92 Å². The summed E-state index contributed by atoms with van der Waals surface area (Å²) >= 11 is 0. The Morgan fingerprint density at radius 1 is 1.24 bits per heavy atom. The molecule has 3 heterocycles. The van der Waals surface area contributed by atoms with Gasteiger partial charge in [0.2, 0.25) is 0 Å². The molecular formula is C17H22N6O2. The van der Waals surface area contributed by atoms with Gasteiger partial charge in [0, 0.05) is 45.5 Å². The Morgan fingerprint density at radius 3 is 2.80 bits per heavy atom. The van der Waals surface area contributed by atoms with Crippen LogP contribution in [0.25, 0.3) is 0 Å². The average Bonchev–Trinajstić information content (AvgIpc) is 2.88. The smallest absolute Gasteiger partial charge is 0.274 e. The Balaban J connectivity index is 1.66. The van der Waals surface area contributed by atoms with E-state index < -0.39 is 0 Å². The molecule has 0 N–H and O–H groups in total. The topological polar surface area (TPSA) is 84.3 Å². The van der Waals surface area contributed by atoms with Crippen LogP contribution >= 0.6 is 0 Å². The highest BCUT2D eigenvalue weighted by Crippen LogP contribution is 2.15. The molecule has 0 aliphatic carbocycles. The van der Waals surface area contributed by atoms with Gasteiger partial charge in [0.15, 0.2) is 0 Å². The van der Waals surface area contributed by atoms with Gasteiger partial charge in [0.05, 0.1) is 37.5 Å². The first-order valence-electron chi connectivity index (χ1n) is 8.25. The molecule has 0 aromatic carbocycles. The average molecular weight is 342 g/mol. The second-order valence-corrected chi connectivity index (χ2v) is 6.25. The van der Waals surface area contributed by atoms with Gasteiger partial charge in [-0.1, -0.05) is 0 Å². The fourth-order valence-electron chi connectivity index (χ4n) is 2.74. The fraction of sp³-hybridized carbons (Fsp3) is 0.471. The number of nitrogens with zero attached hydrogens (tertiary/aromatic N) is 6. The van der Waals surface area contributed by atoms with Gasteiger partial charge in [-0.2, -0.15) is 0 Å². The SMILES string of the molecule is CN(C)c1cnc(C[C@@H]2COCCN(C(=O)c3cnccn3)C2)cn1. The Kier molecular flexibility index (Phi) is 5.49. The quantitative estimate of drug-likeness (QED) is 0.807. The molecule has 1 fully saturated rings. The first-order chi connectivity index (χ1) is 12.1. The lowest BCUT2D eigenvalue weighted by atomic mass is 10.0. The predicted molar refractivity (Wildman–Crippen MR) is 92.3 cm³/mol. The van der Waals surface area contributed by atoms with E-state index in [4.69, 9.17) is 4.74 Å². The van der Waals surface area contributed by atoms with E-state index >= 15 is 0 Å². The number of rotatable bonds is 4. The molecule has 3 rings (SSSR count). The van der Waals surface area contributed by atoms with Crippen molar-refractivity contribution in [3.63, 3.8) is 0 Å². The summed E-state index contributed by atoms with van der Waals surface area (Å²) in [5.74, 6) is 0.876. The van der Waals surface area contributed by atoms with Crippen molar-refractivity contribution in [2.24, 2.45) is 5.92 Å². The Bertz CT molecular complexity index is 692. The van der Waals surface area contributed by atoms with E-state index in [0.717, 1.165) is 11.5 Å². The molecule has 2 aromatic rings. The minimum atomic E-state index is -0.113. The number of aromatic nitrogens is 4. The van der Waals surface area contributed by atoms with E-state index in [1.54, 1.807) is 23.5 Å². The molecule has 0 bridgehead atoms. The Labute approximate surface area is 146 Å². The minimum Gasteiger partial charge on any atom is -0.379 e. The first kappa shape index (κ1) is 17.2. The molecule has 1 amide bonds. The maximum Gasteiger partial charge on any atom is 0.274 e. The molecular weight excluding hydrogens is 320 g/mol. The third kappa shape index (κ3) is 4.48. The zero-order chi connectivity index (χ0) is 17.6. The number of carbonyl (C=O) groups is 1.